The highest BCUT2D eigenvalue weighted by Crippen LogP contribution is 2.09. The molecule has 1 aromatic heterocycles. The molecular weight excluding hydrogens is 241 g/mol. The van der Waals surface area contributed by atoms with Gasteiger partial charge in [0.2, 0.25) is 0 Å². The first-order chi connectivity index (χ1) is 9.17. The third-order valence-electron chi connectivity index (χ3n) is 2.93. The van der Waals surface area contributed by atoms with Crippen molar-refractivity contribution in [3.05, 3.63) is 65.2 Å². The second-order valence-electron chi connectivity index (χ2n) is 4.70. The van der Waals surface area contributed by atoms with Crippen LogP contribution in [0.15, 0.2) is 42.7 Å². The Labute approximate surface area is 112 Å². The average Bonchev–Trinajstić information content (AvgIpc) is 2.39. The molecule has 0 spiro atoms. The fourth-order valence-corrected chi connectivity index (χ4v) is 2.00. The highest BCUT2D eigenvalue weighted by atomic mass is 19.1. The standard InChI is InChI=1S/C15H18FN3/c1-19(11-14-6-15(16)9-18-8-14)10-13-4-2-12(7-17)3-5-13/h2-6,8-9H,7,10-11,17H2,1H3. The van der Waals surface area contributed by atoms with Gasteiger partial charge in [-0.2, -0.15) is 0 Å². The Kier molecular flexibility index (Phi) is 4.60. The second kappa shape index (κ2) is 6.41. The third kappa shape index (κ3) is 4.12. The summed E-state index contributed by atoms with van der Waals surface area (Å²) in [5.74, 6) is -0.293. The summed E-state index contributed by atoms with van der Waals surface area (Å²) < 4.78 is 13.0. The number of nitrogens with two attached hydrogens (primary N) is 1. The van der Waals surface area contributed by atoms with Gasteiger partial charge in [-0.25, -0.2) is 4.39 Å². The Bertz CT molecular complexity index is 525. The number of aromatic nitrogens is 1. The van der Waals surface area contributed by atoms with Gasteiger partial charge in [0.1, 0.15) is 5.82 Å². The molecule has 4 heteroatoms. The van der Waals surface area contributed by atoms with E-state index in [2.05, 4.69) is 22.0 Å². The zero-order chi connectivity index (χ0) is 13.7. The molecule has 2 N–H and O–H groups in total. The van der Waals surface area contributed by atoms with Crippen LogP contribution in [0, 0.1) is 5.82 Å². The molecule has 0 aliphatic carbocycles. The maximum atomic E-state index is 13.0. The lowest BCUT2D eigenvalue weighted by Gasteiger charge is -2.16. The molecule has 2 rings (SSSR count). The van der Waals surface area contributed by atoms with Crippen LogP contribution in [0.5, 0.6) is 0 Å². The van der Waals surface area contributed by atoms with E-state index < -0.39 is 0 Å². The zero-order valence-electron chi connectivity index (χ0n) is 11.0. The normalized spacial score (nSPS) is 10.9. The first-order valence-corrected chi connectivity index (χ1v) is 6.23. The van der Waals surface area contributed by atoms with Gasteiger partial charge in [0.15, 0.2) is 0 Å². The van der Waals surface area contributed by atoms with Gasteiger partial charge in [-0.3, -0.25) is 9.88 Å². The van der Waals surface area contributed by atoms with E-state index in [0.717, 1.165) is 17.7 Å². The van der Waals surface area contributed by atoms with Crippen LogP contribution in [-0.4, -0.2) is 16.9 Å². The van der Waals surface area contributed by atoms with Crippen LogP contribution in [0.4, 0.5) is 4.39 Å². The number of hydrogen-bond acceptors (Lipinski definition) is 3. The van der Waals surface area contributed by atoms with Crippen LogP contribution in [0.3, 0.4) is 0 Å². The zero-order valence-corrected chi connectivity index (χ0v) is 11.0. The monoisotopic (exact) mass is 259 g/mol. The maximum Gasteiger partial charge on any atom is 0.141 e. The summed E-state index contributed by atoms with van der Waals surface area (Å²) in [5, 5.41) is 0. The highest BCUT2D eigenvalue weighted by Gasteiger charge is 2.03. The lowest BCUT2D eigenvalue weighted by Crippen LogP contribution is -2.17. The van der Waals surface area contributed by atoms with E-state index in [1.54, 1.807) is 6.20 Å². The summed E-state index contributed by atoms with van der Waals surface area (Å²) in [7, 11) is 2.00. The Hall–Kier alpha value is -1.78. The molecule has 3 nitrogen and oxygen atoms in total. The first kappa shape index (κ1) is 13.6. The van der Waals surface area contributed by atoms with Crippen LogP contribution < -0.4 is 5.73 Å². The van der Waals surface area contributed by atoms with Crippen LogP contribution in [0.2, 0.25) is 0 Å². The molecule has 100 valence electrons. The number of halogens is 1. The quantitative estimate of drug-likeness (QED) is 0.896. The summed E-state index contributed by atoms with van der Waals surface area (Å²) in [5.41, 5.74) is 8.78. The highest BCUT2D eigenvalue weighted by molar-refractivity contribution is 5.22. The van der Waals surface area contributed by atoms with Crippen molar-refractivity contribution < 1.29 is 4.39 Å². The van der Waals surface area contributed by atoms with E-state index >= 15 is 0 Å². The van der Waals surface area contributed by atoms with Gasteiger partial charge in [0.05, 0.1) is 6.20 Å². The van der Waals surface area contributed by atoms with Crippen molar-refractivity contribution in [3.8, 4) is 0 Å². The topological polar surface area (TPSA) is 42.1 Å². The van der Waals surface area contributed by atoms with Gasteiger partial charge in [-0.1, -0.05) is 24.3 Å². The molecule has 1 aromatic carbocycles. The lowest BCUT2D eigenvalue weighted by atomic mass is 10.1. The van der Waals surface area contributed by atoms with Crippen LogP contribution in [-0.2, 0) is 19.6 Å². The number of pyridine rings is 1. The largest absolute Gasteiger partial charge is 0.326 e. The molecule has 0 radical (unpaired) electrons. The Morgan fingerprint density at radius 2 is 1.68 bits per heavy atom. The number of rotatable bonds is 5. The molecular formula is C15H18FN3. The molecule has 0 aliphatic heterocycles. The van der Waals surface area contributed by atoms with E-state index in [0.29, 0.717) is 13.1 Å². The lowest BCUT2D eigenvalue weighted by molar-refractivity contribution is 0.318. The number of benzene rings is 1. The van der Waals surface area contributed by atoms with Crippen LogP contribution in [0.25, 0.3) is 0 Å². The van der Waals surface area contributed by atoms with Crippen LogP contribution >= 0.6 is 0 Å². The summed E-state index contributed by atoms with van der Waals surface area (Å²) in [6, 6.07) is 9.73. The Morgan fingerprint density at radius 3 is 2.32 bits per heavy atom. The summed E-state index contributed by atoms with van der Waals surface area (Å²) >= 11 is 0. The van der Waals surface area contributed by atoms with Crippen LogP contribution in [0.1, 0.15) is 16.7 Å². The van der Waals surface area contributed by atoms with Crippen molar-refractivity contribution in [2.24, 2.45) is 5.73 Å². The fourth-order valence-electron chi connectivity index (χ4n) is 2.00. The molecule has 0 bridgehead atoms. The SMILES string of the molecule is CN(Cc1ccc(CN)cc1)Cc1cncc(F)c1. The van der Waals surface area contributed by atoms with E-state index in [9.17, 15) is 4.39 Å². The minimum absolute atomic E-state index is 0.293. The fraction of sp³-hybridized carbons (Fsp3) is 0.267. The van der Waals surface area contributed by atoms with Crippen molar-refractivity contribution in [1.29, 1.82) is 0 Å². The molecule has 0 saturated carbocycles. The number of nitrogens with zero attached hydrogens (tertiary/aromatic N) is 2. The molecule has 0 aliphatic rings. The summed E-state index contributed by atoms with van der Waals surface area (Å²) in [6.07, 6.45) is 2.91. The predicted molar refractivity (Wildman–Crippen MR) is 73.7 cm³/mol. The van der Waals surface area contributed by atoms with Gasteiger partial charge in [-0.05, 0) is 29.8 Å². The Morgan fingerprint density at radius 1 is 1.05 bits per heavy atom. The molecule has 0 atom stereocenters. The predicted octanol–water partition coefficient (Wildman–Crippen LogP) is 2.31. The Balaban J connectivity index is 1.95. The van der Waals surface area contributed by atoms with Gasteiger partial charge >= 0.3 is 0 Å². The molecule has 0 unspecified atom stereocenters. The number of hydrogen-bond donors (Lipinski definition) is 1. The molecule has 2 aromatic rings. The molecule has 19 heavy (non-hydrogen) atoms. The van der Waals surface area contributed by atoms with Gasteiger partial charge in [-0.15, -0.1) is 0 Å². The van der Waals surface area contributed by atoms with E-state index in [4.69, 9.17) is 5.73 Å². The molecule has 0 saturated heterocycles. The average molecular weight is 259 g/mol. The van der Waals surface area contributed by atoms with Gasteiger partial charge in [0.25, 0.3) is 0 Å². The minimum atomic E-state index is -0.293. The van der Waals surface area contributed by atoms with Crippen molar-refractivity contribution in [2.75, 3.05) is 7.05 Å². The van der Waals surface area contributed by atoms with Gasteiger partial charge in [0, 0.05) is 25.8 Å². The van der Waals surface area contributed by atoms with Gasteiger partial charge < -0.3 is 5.73 Å². The molecule has 0 amide bonds. The summed E-state index contributed by atoms with van der Waals surface area (Å²) in [6.45, 7) is 2.04. The molecule has 1 heterocycles. The van der Waals surface area contributed by atoms with Crippen molar-refractivity contribution in [3.63, 3.8) is 0 Å². The smallest absolute Gasteiger partial charge is 0.141 e. The van der Waals surface area contributed by atoms with Crippen molar-refractivity contribution >= 4 is 0 Å². The second-order valence-corrected chi connectivity index (χ2v) is 4.70. The minimum Gasteiger partial charge on any atom is -0.326 e. The van der Waals surface area contributed by atoms with E-state index in [-0.39, 0.29) is 5.82 Å². The molecule has 0 fully saturated rings. The van der Waals surface area contributed by atoms with E-state index in [1.165, 1.54) is 17.8 Å². The van der Waals surface area contributed by atoms with E-state index in [1.807, 2.05) is 19.2 Å². The third-order valence-corrected chi connectivity index (χ3v) is 2.93. The van der Waals surface area contributed by atoms with Crippen molar-refractivity contribution in [1.82, 2.24) is 9.88 Å². The maximum absolute atomic E-state index is 13.0. The first-order valence-electron chi connectivity index (χ1n) is 6.23. The van der Waals surface area contributed by atoms with Crippen molar-refractivity contribution in [2.45, 2.75) is 19.6 Å². The summed E-state index contributed by atoms with van der Waals surface area (Å²) in [4.78, 5) is 5.97.